The zero-order chi connectivity index (χ0) is 30.7. The van der Waals surface area contributed by atoms with E-state index in [-0.39, 0.29) is 12.5 Å². The summed E-state index contributed by atoms with van der Waals surface area (Å²) in [6.07, 6.45) is 12.3. The smallest absolute Gasteiger partial charge is 0.333 e. The Balaban J connectivity index is 1.19. The summed E-state index contributed by atoms with van der Waals surface area (Å²) in [4.78, 5) is 13.3. The maximum atomic E-state index is 13.2. The second-order valence-electron chi connectivity index (χ2n) is 11.1. The fourth-order valence-electron chi connectivity index (χ4n) is 5.32. The van der Waals surface area contributed by atoms with Gasteiger partial charge >= 0.3 is 6.55 Å². The topological polar surface area (TPSA) is 145 Å². The number of nitrogens with zero attached hydrogens (tertiary/aromatic N) is 7. The van der Waals surface area contributed by atoms with E-state index in [1.54, 1.807) is 24.5 Å². The number of hydrogen-bond acceptors (Lipinski definition) is 10. The van der Waals surface area contributed by atoms with Crippen LogP contribution >= 0.6 is 0 Å². The van der Waals surface area contributed by atoms with E-state index in [0.717, 1.165) is 29.8 Å². The number of aromatic nitrogens is 7. The van der Waals surface area contributed by atoms with Crippen molar-refractivity contribution in [2.75, 3.05) is 30.4 Å². The summed E-state index contributed by atoms with van der Waals surface area (Å²) in [6.45, 7) is -2.11. The highest BCUT2D eigenvalue weighted by molar-refractivity contribution is 7.90. The van der Waals surface area contributed by atoms with Gasteiger partial charge in [-0.05, 0) is 56.6 Å². The van der Waals surface area contributed by atoms with Crippen LogP contribution in [0.15, 0.2) is 49.2 Å². The molecule has 0 amide bonds. The van der Waals surface area contributed by atoms with Crippen molar-refractivity contribution in [3.63, 3.8) is 0 Å². The molecule has 0 aromatic carbocycles. The van der Waals surface area contributed by atoms with Crippen LogP contribution in [0.5, 0.6) is 0 Å². The summed E-state index contributed by atoms with van der Waals surface area (Å²) in [6, 6.07) is 5.26. The molecule has 16 heteroatoms. The Labute approximate surface area is 252 Å². The molecule has 44 heavy (non-hydrogen) atoms. The third kappa shape index (κ3) is 6.85. The number of hydrogen-bond donors (Lipinski definition) is 3. The summed E-state index contributed by atoms with van der Waals surface area (Å²) in [5.41, 5.74) is 2.04. The zero-order valence-electron chi connectivity index (χ0n) is 23.8. The average molecular weight is 631 g/mol. The van der Waals surface area contributed by atoms with Gasteiger partial charge in [0.05, 0.1) is 28.9 Å². The van der Waals surface area contributed by atoms with Crippen LogP contribution in [0.4, 0.5) is 30.5 Å². The van der Waals surface area contributed by atoms with Gasteiger partial charge in [0.1, 0.15) is 18.3 Å². The fraction of sp³-hybridized carbons (Fsp3) is 0.464. The summed E-state index contributed by atoms with van der Waals surface area (Å²) in [5.74, 6) is 1.54. The van der Waals surface area contributed by atoms with E-state index < -0.39 is 21.8 Å². The van der Waals surface area contributed by atoms with Crippen LogP contribution in [0.1, 0.15) is 45.1 Å². The molecular weight excluding hydrogens is 597 g/mol. The number of rotatable bonds is 13. The Hall–Kier alpha value is -4.05. The molecule has 234 valence electrons. The van der Waals surface area contributed by atoms with Gasteiger partial charge in [0.2, 0.25) is 0 Å². The Bertz CT molecular complexity index is 1680. The molecule has 0 bridgehead atoms. The van der Waals surface area contributed by atoms with Gasteiger partial charge in [-0.2, -0.15) is 23.1 Å². The van der Waals surface area contributed by atoms with Gasteiger partial charge in [-0.3, -0.25) is 0 Å². The molecule has 3 N–H and O–H groups in total. The lowest BCUT2D eigenvalue weighted by molar-refractivity contribution is 0.0568. The second kappa shape index (κ2) is 12.9. The van der Waals surface area contributed by atoms with E-state index in [2.05, 4.69) is 41.1 Å². The Morgan fingerprint density at radius 3 is 2.57 bits per heavy atom. The van der Waals surface area contributed by atoms with E-state index in [1.165, 1.54) is 24.7 Å². The maximum absolute atomic E-state index is 13.2. The molecule has 4 aromatic heterocycles. The highest BCUT2D eigenvalue weighted by atomic mass is 32.2. The van der Waals surface area contributed by atoms with Gasteiger partial charge in [-0.1, -0.05) is 0 Å². The zero-order valence-corrected chi connectivity index (χ0v) is 24.6. The number of pyridine rings is 1. The third-order valence-corrected chi connectivity index (χ3v) is 9.92. The Morgan fingerprint density at radius 1 is 1.02 bits per heavy atom. The minimum Gasteiger partial charge on any atom is -0.384 e. The van der Waals surface area contributed by atoms with Crippen LogP contribution < -0.4 is 16.0 Å². The van der Waals surface area contributed by atoms with Crippen molar-refractivity contribution in [2.24, 2.45) is 5.92 Å². The number of anilines is 3. The first-order valence-corrected chi connectivity index (χ1v) is 16.1. The highest BCUT2D eigenvalue weighted by Crippen LogP contribution is 2.33. The minimum absolute atomic E-state index is 0.288. The summed E-state index contributed by atoms with van der Waals surface area (Å²) in [7, 11) is -3.51. The van der Waals surface area contributed by atoms with Gasteiger partial charge < -0.3 is 16.0 Å². The Kier molecular flexibility index (Phi) is 8.79. The molecule has 0 aliphatic heterocycles. The van der Waals surface area contributed by atoms with Crippen molar-refractivity contribution in [3.8, 4) is 22.6 Å². The predicted molar refractivity (Wildman–Crippen MR) is 159 cm³/mol. The van der Waals surface area contributed by atoms with Crippen LogP contribution in [0.25, 0.3) is 22.6 Å². The van der Waals surface area contributed by atoms with Crippen LogP contribution in [-0.4, -0.2) is 73.4 Å². The van der Waals surface area contributed by atoms with Gasteiger partial charge in [-0.15, -0.1) is 0 Å². The monoisotopic (exact) mass is 630 g/mol. The average Bonchev–Trinajstić information content (AvgIpc) is 3.56. The molecule has 2 fully saturated rings. The van der Waals surface area contributed by atoms with E-state index >= 15 is 0 Å². The predicted octanol–water partition coefficient (Wildman–Crippen LogP) is 4.61. The molecule has 0 spiro atoms. The van der Waals surface area contributed by atoms with Gasteiger partial charge in [0.15, 0.2) is 5.82 Å². The van der Waals surface area contributed by atoms with Crippen molar-refractivity contribution in [3.05, 3.63) is 49.2 Å². The molecule has 0 atom stereocenters. The van der Waals surface area contributed by atoms with E-state index in [9.17, 15) is 21.6 Å². The van der Waals surface area contributed by atoms with Crippen molar-refractivity contribution >= 4 is 27.3 Å². The summed E-state index contributed by atoms with van der Waals surface area (Å²) in [5, 5.41) is 17.5. The van der Waals surface area contributed by atoms with Crippen molar-refractivity contribution in [1.29, 1.82) is 0 Å². The number of alkyl halides is 3. The third-order valence-electron chi connectivity index (χ3n) is 7.88. The van der Waals surface area contributed by atoms with Crippen LogP contribution in [0.3, 0.4) is 0 Å². The standard InChI is InChI=1S/C28H33F3N10O2S/c29-9-11-32-20-3-1-18(2-4-20)14-34-24-13-26(35-16-22(24)23-8-12-40(39-23)28(30)31)37-25-7-10-33-27(38-25)19-15-36-41(17-19)44(42,43)21-5-6-21/h7-8,10,12-13,15-18,20-21,28,32H,1-6,9,11,14H2,(H2,33,34,35,37,38). The second-order valence-corrected chi connectivity index (χ2v) is 13.1. The number of nitrogens with one attached hydrogen (secondary N) is 3. The highest BCUT2D eigenvalue weighted by Gasteiger charge is 2.37. The SMILES string of the molecule is O=S(=O)(C1CC1)n1cc(-c2nccc(Nc3cc(NCC4CCC(NCCF)CC4)c(-c4ccn(C(F)F)n4)cn3)n2)cn1. The molecule has 0 unspecified atom stereocenters. The normalized spacial score (nSPS) is 18.9. The summed E-state index contributed by atoms with van der Waals surface area (Å²) >= 11 is 0. The van der Waals surface area contributed by atoms with Crippen molar-refractivity contribution in [2.45, 2.75) is 56.4 Å². The first kappa shape index (κ1) is 30.0. The van der Waals surface area contributed by atoms with Gasteiger partial charge in [0, 0.05) is 55.0 Å². The quantitative estimate of drug-likeness (QED) is 0.192. The number of halogens is 3. The van der Waals surface area contributed by atoms with Gasteiger partial charge in [0.25, 0.3) is 10.0 Å². The lowest BCUT2D eigenvalue weighted by atomic mass is 9.86. The molecule has 4 aromatic rings. The molecule has 12 nitrogen and oxygen atoms in total. The lowest BCUT2D eigenvalue weighted by Gasteiger charge is -2.29. The maximum Gasteiger partial charge on any atom is 0.333 e. The van der Waals surface area contributed by atoms with Crippen LogP contribution in [0.2, 0.25) is 0 Å². The molecule has 2 saturated carbocycles. The molecule has 6 rings (SSSR count). The molecular formula is C28H33F3N10O2S. The minimum atomic E-state index is -3.51. The van der Waals surface area contributed by atoms with Crippen LogP contribution in [-0.2, 0) is 10.0 Å². The molecule has 0 saturated heterocycles. The first-order valence-electron chi connectivity index (χ1n) is 14.6. The molecule has 2 aliphatic rings. The lowest BCUT2D eigenvalue weighted by Crippen LogP contribution is -2.35. The molecule has 4 heterocycles. The summed E-state index contributed by atoms with van der Waals surface area (Å²) < 4.78 is 65.6. The molecule has 0 radical (unpaired) electrons. The van der Waals surface area contributed by atoms with Crippen LogP contribution in [0, 0.1) is 5.92 Å². The largest absolute Gasteiger partial charge is 0.384 e. The fourth-order valence-corrected chi connectivity index (χ4v) is 6.80. The van der Waals surface area contributed by atoms with E-state index in [4.69, 9.17) is 0 Å². The first-order chi connectivity index (χ1) is 21.3. The Morgan fingerprint density at radius 2 is 1.84 bits per heavy atom. The van der Waals surface area contributed by atoms with E-state index in [1.807, 2.05) is 0 Å². The van der Waals surface area contributed by atoms with Gasteiger partial charge in [-0.25, -0.2) is 32.4 Å². The van der Waals surface area contributed by atoms with Crippen molar-refractivity contribution < 1.29 is 21.6 Å². The van der Waals surface area contributed by atoms with Crippen molar-refractivity contribution in [1.82, 2.24) is 39.2 Å². The molecule has 2 aliphatic carbocycles. The van der Waals surface area contributed by atoms with E-state index in [0.29, 0.717) is 76.7 Å².